The average Bonchev–Trinajstić information content (AvgIpc) is 3.00. The fourth-order valence-corrected chi connectivity index (χ4v) is 6.84. The molecule has 0 aromatic heterocycles. The van der Waals surface area contributed by atoms with Crippen molar-refractivity contribution in [3.63, 3.8) is 0 Å². The van der Waals surface area contributed by atoms with E-state index in [9.17, 15) is 9.59 Å². The van der Waals surface area contributed by atoms with Crippen LogP contribution in [0.1, 0.15) is 77.0 Å². The van der Waals surface area contributed by atoms with Crippen molar-refractivity contribution in [3.05, 3.63) is 70.7 Å². The lowest BCUT2D eigenvalue weighted by Gasteiger charge is -2.46. The Morgan fingerprint density at radius 2 is 1.49 bits per heavy atom. The summed E-state index contributed by atoms with van der Waals surface area (Å²) in [4.78, 5) is 34.4. The van der Waals surface area contributed by atoms with Crippen LogP contribution in [0.5, 0.6) is 0 Å². The van der Waals surface area contributed by atoms with Crippen molar-refractivity contribution in [2.24, 2.45) is 11.7 Å². The predicted molar refractivity (Wildman–Crippen MR) is 176 cm³/mol. The molecule has 2 aromatic rings. The van der Waals surface area contributed by atoms with Crippen molar-refractivity contribution in [1.82, 2.24) is 20.0 Å². The first-order chi connectivity index (χ1) is 20.6. The number of nitrogens with one attached hydrogen (secondary N) is 1. The third-order valence-corrected chi connectivity index (χ3v) is 9.39. The van der Waals surface area contributed by atoms with E-state index in [0.717, 1.165) is 43.6 Å². The van der Waals surface area contributed by atoms with Crippen LogP contribution in [0.3, 0.4) is 0 Å². The van der Waals surface area contributed by atoms with Gasteiger partial charge >= 0.3 is 0 Å². The maximum absolute atomic E-state index is 14.0. The van der Waals surface area contributed by atoms with Crippen molar-refractivity contribution in [1.29, 1.82) is 0 Å². The zero-order valence-electron chi connectivity index (χ0n) is 26.6. The van der Waals surface area contributed by atoms with Crippen LogP contribution in [0.2, 0.25) is 5.02 Å². The molecule has 2 saturated heterocycles. The highest BCUT2D eigenvalue weighted by atomic mass is 35.5. The van der Waals surface area contributed by atoms with Gasteiger partial charge in [0, 0.05) is 61.7 Å². The third kappa shape index (κ3) is 9.77. The molecule has 43 heavy (non-hydrogen) atoms. The summed E-state index contributed by atoms with van der Waals surface area (Å²) in [6.07, 6.45) is 4.88. The molecule has 2 aliphatic rings. The molecular formula is C35H52ClN5O2. The van der Waals surface area contributed by atoms with Gasteiger partial charge in [0.2, 0.25) is 11.8 Å². The van der Waals surface area contributed by atoms with Crippen molar-refractivity contribution in [3.8, 4) is 0 Å². The fourth-order valence-electron chi connectivity index (χ4n) is 6.72. The number of nitrogens with zero attached hydrogens (tertiary/aromatic N) is 3. The molecule has 8 heteroatoms. The summed E-state index contributed by atoms with van der Waals surface area (Å²) in [5, 5.41) is 3.69. The SMILES string of the molecule is CC(C)CN(C1CCN(C(=O)[C@@H](Cc2ccc(Cl)cc2)NC(=O)CC(N)c2ccccc2)CC1)C1CCN(C(C)C)CC1. The monoisotopic (exact) mass is 609 g/mol. The highest BCUT2D eigenvalue weighted by molar-refractivity contribution is 6.30. The molecular weight excluding hydrogens is 558 g/mol. The van der Waals surface area contributed by atoms with E-state index < -0.39 is 12.1 Å². The first-order valence-electron chi connectivity index (χ1n) is 16.2. The number of benzene rings is 2. The quantitative estimate of drug-likeness (QED) is 0.342. The Kier molecular flexibility index (Phi) is 12.5. The Labute approximate surface area is 264 Å². The number of piperidine rings is 2. The molecule has 236 valence electrons. The summed E-state index contributed by atoms with van der Waals surface area (Å²) < 4.78 is 0. The normalized spacial score (nSPS) is 18.8. The highest BCUT2D eigenvalue weighted by Crippen LogP contribution is 2.27. The number of rotatable bonds is 12. The van der Waals surface area contributed by atoms with Gasteiger partial charge in [-0.2, -0.15) is 0 Å². The maximum Gasteiger partial charge on any atom is 0.245 e. The number of carbonyl (C=O) groups is 2. The molecule has 3 N–H and O–H groups in total. The standard InChI is InChI=1S/C35H52ClN5O2/c1-25(2)24-41(30-14-18-39(19-15-30)26(3)4)31-16-20-40(21-17-31)35(43)33(22-27-10-12-29(36)13-11-27)38-34(42)23-32(37)28-8-6-5-7-9-28/h5-13,25-26,30-33H,14-24,37H2,1-4H3,(H,38,42)/t32?,33-/m1/s1. The summed E-state index contributed by atoms with van der Waals surface area (Å²) in [6.45, 7) is 14.0. The van der Waals surface area contributed by atoms with Crippen LogP contribution in [-0.4, -0.2) is 83.4 Å². The number of hydrogen-bond acceptors (Lipinski definition) is 5. The van der Waals surface area contributed by atoms with Crippen molar-refractivity contribution in [2.45, 2.75) is 96.4 Å². The Morgan fingerprint density at radius 1 is 0.907 bits per heavy atom. The Balaban J connectivity index is 1.40. The van der Waals surface area contributed by atoms with E-state index in [2.05, 4.69) is 42.8 Å². The van der Waals surface area contributed by atoms with E-state index in [1.165, 1.54) is 12.8 Å². The van der Waals surface area contributed by atoms with Gasteiger partial charge in [-0.15, -0.1) is 0 Å². The van der Waals surface area contributed by atoms with Crippen LogP contribution in [-0.2, 0) is 16.0 Å². The molecule has 0 bridgehead atoms. The molecule has 0 aliphatic carbocycles. The minimum Gasteiger partial charge on any atom is -0.344 e. The molecule has 2 aliphatic heterocycles. The van der Waals surface area contributed by atoms with E-state index in [1.54, 1.807) is 0 Å². The zero-order valence-corrected chi connectivity index (χ0v) is 27.3. The van der Waals surface area contributed by atoms with E-state index in [0.29, 0.717) is 48.6 Å². The lowest BCUT2D eigenvalue weighted by Crippen LogP contribution is -2.56. The molecule has 2 fully saturated rings. The summed E-state index contributed by atoms with van der Waals surface area (Å²) in [7, 11) is 0. The molecule has 4 rings (SSSR count). The molecule has 2 aromatic carbocycles. The summed E-state index contributed by atoms with van der Waals surface area (Å²) in [5.74, 6) is 0.370. The van der Waals surface area contributed by atoms with Gasteiger partial charge in [-0.1, -0.05) is 67.9 Å². The van der Waals surface area contributed by atoms with Crippen LogP contribution in [0, 0.1) is 5.92 Å². The second-order valence-corrected chi connectivity index (χ2v) is 13.6. The summed E-state index contributed by atoms with van der Waals surface area (Å²) in [5.41, 5.74) is 8.21. The molecule has 7 nitrogen and oxygen atoms in total. The Hall–Kier alpha value is -2.45. The molecule has 0 spiro atoms. The van der Waals surface area contributed by atoms with Gasteiger partial charge in [-0.3, -0.25) is 14.5 Å². The first-order valence-corrected chi connectivity index (χ1v) is 16.6. The van der Waals surface area contributed by atoms with Gasteiger partial charge in [0.25, 0.3) is 0 Å². The smallest absolute Gasteiger partial charge is 0.245 e. The number of likely N-dealkylation sites (tertiary alicyclic amines) is 2. The molecule has 2 amide bonds. The molecule has 2 atom stereocenters. The summed E-state index contributed by atoms with van der Waals surface area (Å²) in [6, 6.07) is 17.7. The van der Waals surface area contributed by atoms with Crippen LogP contribution >= 0.6 is 11.6 Å². The van der Waals surface area contributed by atoms with Crippen LogP contribution in [0.4, 0.5) is 0 Å². The average molecular weight is 610 g/mol. The topological polar surface area (TPSA) is 81.9 Å². The van der Waals surface area contributed by atoms with Crippen LogP contribution < -0.4 is 11.1 Å². The van der Waals surface area contributed by atoms with Gasteiger partial charge in [0.05, 0.1) is 0 Å². The summed E-state index contributed by atoms with van der Waals surface area (Å²) >= 11 is 6.11. The number of hydrogen-bond donors (Lipinski definition) is 2. The largest absolute Gasteiger partial charge is 0.344 e. The fraction of sp³-hybridized carbons (Fsp3) is 0.600. The minimum absolute atomic E-state index is 0.0179. The van der Waals surface area contributed by atoms with Gasteiger partial charge in [0.15, 0.2) is 0 Å². The predicted octanol–water partition coefficient (Wildman–Crippen LogP) is 5.28. The van der Waals surface area contributed by atoms with E-state index in [1.807, 2.05) is 59.5 Å². The van der Waals surface area contributed by atoms with Gasteiger partial charge in [-0.05, 0) is 81.8 Å². The number of halogens is 1. The zero-order chi connectivity index (χ0) is 30.9. The number of amides is 2. The van der Waals surface area contributed by atoms with E-state index in [-0.39, 0.29) is 18.2 Å². The molecule has 1 unspecified atom stereocenters. The van der Waals surface area contributed by atoms with E-state index in [4.69, 9.17) is 17.3 Å². The second-order valence-electron chi connectivity index (χ2n) is 13.2. The van der Waals surface area contributed by atoms with E-state index >= 15 is 0 Å². The van der Waals surface area contributed by atoms with Gasteiger partial charge in [0.1, 0.15) is 6.04 Å². The first kappa shape index (κ1) is 33.4. The second kappa shape index (κ2) is 16.0. The molecule has 0 saturated carbocycles. The number of nitrogens with two attached hydrogens (primary N) is 1. The lowest BCUT2D eigenvalue weighted by molar-refractivity contribution is -0.138. The van der Waals surface area contributed by atoms with Crippen LogP contribution in [0.15, 0.2) is 54.6 Å². The van der Waals surface area contributed by atoms with Crippen LogP contribution in [0.25, 0.3) is 0 Å². The Morgan fingerprint density at radius 3 is 2.05 bits per heavy atom. The molecule has 0 radical (unpaired) electrons. The minimum atomic E-state index is -0.652. The van der Waals surface area contributed by atoms with Crippen molar-refractivity contribution >= 4 is 23.4 Å². The van der Waals surface area contributed by atoms with Crippen molar-refractivity contribution in [2.75, 3.05) is 32.7 Å². The Bertz CT molecular complexity index is 1140. The molecule has 2 heterocycles. The van der Waals surface area contributed by atoms with Gasteiger partial charge in [-0.25, -0.2) is 0 Å². The third-order valence-electron chi connectivity index (χ3n) is 9.14. The van der Waals surface area contributed by atoms with Crippen molar-refractivity contribution < 1.29 is 9.59 Å². The highest BCUT2D eigenvalue weighted by Gasteiger charge is 2.35. The lowest BCUT2D eigenvalue weighted by atomic mass is 9.94. The maximum atomic E-state index is 14.0. The number of carbonyl (C=O) groups excluding carboxylic acids is 2. The van der Waals surface area contributed by atoms with Gasteiger partial charge < -0.3 is 20.9 Å².